The Labute approximate surface area is 105 Å². The Balaban J connectivity index is 2.25. The highest BCUT2D eigenvalue weighted by Gasteiger charge is 2.21. The van der Waals surface area contributed by atoms with Gasteiger partial charge in [-0.05, 0) is 23.8 Å². The minimum atomic E-state index is -0.180. The van der Waals surface area contributed by atoms with E-state index in [0.29, 0.717) is 17.6 Å². The van der Waals surface area contributed by atoms with E-state index in [-0.39, 0.29) is 6.04 Å². The van der Waals surface area contributed by atoms with Gasteiger partial charge in [0.05, 0.1) is 6.04 Å². The normalized spacial score (nSPS) is 14.8. The molecule has 0 unspecified atom stereocenters. The first-order valence-corrected chi connectivity index (χ1v) is 6.70. The fourth-order valence-electron chi connectivity index (χ4n) is 1.57. The molecule has 0 amide bonds. The lowest BCUT2D eigenvalue weighted by Gasteiger charge is -2.12. The first-order chi connectivity index (χ1) is 8.13. The van der Waals surface area contributed by atoms with Gasteiger partial charge in [0.1, 0.15) is 0 Å². The lowest BCUT2D eigenvalue weighted by Crippen LogP contribution is -2.18. The van der Waals surface area contributed by atoms with E-state index in [1.807, 2.05) is 12.3 Å². The molecule has 0 aliphatic heterocycles. The van der Waals surface area contributed by atoms with Crippen molar-refractivity contribution in [1.29, 1.82) is 0 Å². The molecule has 0 saturated heterocycles. The second-order valence-electron chi connectivity index (χ2n) is 4.34. The fraction of sp³-hybridized carbons (Fsp3) is 0.500. The van der Waals surface area contributed by atoms with E-state index >= 15 is 0 Å². The van der Waals surface area contributed by atoms with E-state index < -0.39 is 0 Å². The molecule has 4 nitrogen and oxygen atoms in total. The van der Waals surface area contributed by atoms with Crippen LogP contribution in [0.1, 0.15) is 37.8 Å². The van der Waals surface area contributed by atoms with E-state index in [1.165, 1.54) is 5.56 Å². The fourth-order valence-corrected chi connectivity index (χ4v) is 2.39. The zero-order valence-corrected chi connectivity index (χ0v) is 11.1. The summed E-state index contributed by atoms with van der Waals surface area (Å²) in [6.07, 6.45) is 0.996. The molecule has 2 atom stereocenters. The standard InChI is InChI=1S/C12H17N3OS/c1-4-7(2)10(13)12-14-11(15-16-12)9-6-17-5-8(9)3/h5-7,10H,4,13H2,1-3H3/t7-,10-/m0/s1. The first-order valence-electron chi connectivity index (χ1n) is 5.75. The average Bonchev–Trinajstić information content (AvgIpc) is 2.95. The smallest absolute Gasteiger partial charge is 0.244 e. The lowest BCUT2D eigenvalue weighted by molar-refractivity contribution is 0.312. The zero-order valence-electron chi connectivity index (χ0n) is 10.3. The van der Waals surface area contributed by atoms with Gasteiger partial charge >= 0.3 is 0 Å². The minimum absolute atomic E-state index is 0.180. The zero-order chi connectivity index (χ0) is 12.4. The van der Waals surface area contributed by atoms with Crippen LogP contribution in [-0.2, 0) is 0 Å². The van der Waals surface area contributed by atoms with Crippen LogP contribution in [0.3, 0.4) is 0 Å². The van der Waals surface area contributed by atoms with Crippen molar-refractivity contribution in [2.75, 3.05) is 0 Å². The van der Waals surface area contributed by atoms with Crippen LogP contribution in [0.2, 0.25) is 0 Å². The largest absolute Gasteiger partial charge is 0.337 e. The van der Waals surface area contributed by atoms with Crippen molar-refractivity contribution in [3.05, 3.63) is 22.2 Å². The van der Waals surface area contributed by atoms with Crippen LogP contribution >= 0.6 is 11.3 Å². The highest BCUT2D eigenvalue weighted by atomic mass is 32.1. The predicted molar refractivity (Wildman–Crippen MR) is 68.7 cm³/mol. The van der Waals surface area contributed by atoms with Crippen LogP contribution in [-0.4, -0.2) is 10.1 Å². The Morgan fingerprint density at radius 2 is 2.24 bits per heavy atom. The summed E-state index contributed by atoms with van der Waals surface area (Å²) in [4.78, 5) is 4.39. The van der Waals surface area contributed by atoms with E-state index in [1.54, 1.807) is 11.3 Å². The molecule has 0 aromatic carbocycles. The number of nitrogens with two attached hydrogens (primary N) is 1. The molecular weight excluding hydrogens is 234 g/mol. The van der Waals surface area contributed by atoms with Gasteiger partial charge in [-0.15, -0.1) is 0 Å². The third kappa shape index (κ3) is 2.40. The van der Waals surface area contributed by atoms with Crippen LogP contribution in [0.15, 0.2) is 15.3 Å². The van der Waals surface area contributed by atoms with Crippen LogP contribution in [0.25, 0.3) is 11.4 Å². The first kappa shape index (κ1) is 12.3. The molecule has 92 valence electrons. The van der Waals surface area contributed by atoms with Crippen molar-refractivity contribution >= 4 is 11.3 Å². The Morgan fingerprint density at radius 3 is 2.82 bits per heavy atom. The molecule has 2 aromatic rings. The summed E-state index contributed by atoms with van der Waals surface area (Å²) < 4.78 is 5.25. The molecular formula is C12H17N3OS. The van der Waals surface area contributed by atoms with Gasteiger partial charge in [-0.25, -0.2) is 0 Å². The maximum Gasteiger partial charge on any atom is 0.244 e. The van der Waals surface area contributed by atoms with Gasteiger partial charge in [0, 0.05) is 10.9 Å². The van der Waals surface area contributed by atoms with Crippen LogP contribution < -0.4 is 5.73 Å². The third-order valence-electron chi connectivity index (χ3n) is 3.08. The van der Waals surface area contributed by atoms with Crippen LogP contribution in [0.5, 0.6) is 0 Å². The number of aromatic nitrogens is 2. The van der Waals surface area contributed by atoms with Crippen molar-refractivity contribution in [2.45, 2.75) is 33.2 Å². The molecule has 0 spiro atoms. The van der Waals surface area contributed by atoms with E-state index in [2.05, 4.69) is 29.4 Å². The number of thiophene rings is 1. The van der Waals surface area contributed by atoms with Gasteiger partial charge in [-0.2, -0.15) is 16.3 Å². The van der Waals surface area contributed by atoms with Gasteiger partial charge < -0.3 is 10.3 Å². The second-order valence-corrected chi connectivity index (χ2v) is 5.08. The van der Waals surface area contributed by atoms with Gasteiger partial charge in [-0.3, -0.25) is 0 Å². The average molecular weight is 251 g/mol. The third-order valence-corrected chi connectivity index (χ3v) is 3.94. The van der Waals surface area contributed by atoms with Crippen molar-refractivity contribution in [3.8, 4) is 11.4 Å². The predicted octanol–water partition coefficient (Wildman–Crippen LogP) is 3.15. The molecule has 0 radical (unpaired) electrons. The van der Waals surface area contributed by atoms with Crippen molar-refractivity contribution in [1.82, 2.24) is 10.1 Å². The van der Waals surface area contributed by atoms with Crippen molar-refractivity contribution < 1.29 is 4.52 Å². The van der Waals surface area contributed by atoms with Gasteiger partial charge in [-0.1, -0.05) is 25.4 Å². The molecule has 2 rings (SSSR count). The highest BCUT2D eigenvalue weighted by Crippen LogP contribution is 2.27. The maximum atomic E-state index is 6.06. The van der Waals surface area contributed by atoms with Gasteiger partial charge in [0.15, 0.2) is 0 Å². The van der Waals surface area contributed by atoms with E-state index in [9.17, 15) is 0 Å². The molecule has 0 bridgehead atoms. The molecule has 0 aliphatic carbocycles. The maximum absolute atomic E-state index is 6.06. The molecule has 2 aromatic heterocycles. The summed E-state index contributed by atoms with van der Waals surface area (Å²) >= 11 is 1.64. The summed E-state index contributed by atoms with van der Waals surface area (Å²) in [7, 11) is 0. The Hall–Kier alpha value is -1.20. The highest BCUT2D eigenvalue weighted by molar-refractivity contribution is 7.08. The van der Waals surface area contributed by atoms with Crippen molar-refractivity contribution in [2.24, 2.45) is 11.7 Å². The number of aryl methyl sites for hydroxylation is 1. The minimum Gasteiger partial charge on any atom is -0.337 e. The van der Waals surface area contributed by atoms with Crippen LogP contribution in [0, 0.1) is 12.8 Å². The molecule has 17 heavy (non-hydrogen) atoms. The number of nitrogens with zero attached hydrogens (tertiary/aromatic N) is 2. The summed E-state index contributed by atoms with van der Waals surface area (Å²) in [5, 5.41) is 8.09. The topological polar surface area (TPSA) is 64.9 Å². The molecule has 0 saturated carbocycles. The molecule has 0 aliphatic rings. The molecule has 0 fully saturated rings. The van der Waals surface area contributed by atoms with Crippen molar-refractivity contribution in [3.63, 3.8) is 0 Å². The lowest BCUT2D eigenvalue weighted by atomic mass is 10.0. The summed E-state index contributed by atoms with van der Waals surface area (Å²) in [5.74, 6) is 1.50. The quantitative estimate of drug-likeness (QED) is 0.906. The Morgan fingerprint density at radius 1 is 1.47 bits per heavy atom. The van der Waals surface area contributed by atoms with E-state index in [0.717, 1.165) is 12.0 Å². The number of rotatable bonds is 4. The van der Waals surface area contributed by atoms with Gasteiger partial charge in [0.25, 0.3) is 0 Å². The second kappa shape index (κ2) is 4.98. The van der Waals surface area contributed by atoms with Gasteiger partial charge in [0.2, 0.25) is 11.7 Å². The monoisotopic (exact) mass is 251 g/mol. The molecule has 2 N–H and O–H groups in total. The summed E-state index contributed by atoms with van der Waals surface area (Å²) in [5.41, 5.74) is 8.26. The number of hydrogen-bond donors (Lipinski definition) is 1. The molecule has 2 heterocycles. The summed E-state index contributed by atoms with van der Waals surface area (Å²) in [6, 6.07) is -0.180. The number of hydrogen-bond acceptors (Lipinski definition) is 5. The van der Waals surface area contributed by atoms with E-state index in [4.69, 9.17) is 10.3 Å². The Kier molecular flexibility index (Phi) is 3.59. The van der Waals surface area contributed by atoms with Crippen LogP contribution in [0.4, 0.5) is 0 Å². The summed E-state index contributed by atoms with van der Waals surface area (Å²) in [6.45, 7) is 6.23. The Bertz CT molecular complexity index is 491. The molecule has 5 heteroatoms. The SMILES string of the molecule is CC[C@H](C)[C@H](N)c1nc(-c2cscc2C)no1.